The number of carbonyl (C=O) groups excluding carboxylic acids is 3. The first-order valence-corrected chi connectivity index (χ1v) is 7.95. The molecule has 26 heavy (non-hydrogen) atoms. The van der Waals surface area contributed by atoms with Crippen molar-refractivity contribution < 1.29 is 24.3 Å². The van der Waals surface area contributed by atoms with Gasteiger partial charge in [0.25, 0.3) is 0 Å². The fourth-order valence-electron chi connectivity index (χ4n) is 1.71. The van der Waals surface area contributed by atoms with Crippen LogP contribution in [-0.4, -0.2) is 66.0 Å². The van der Waals surface area contributed by atoms with E-state index < -0.39 is 48.4 Å². The van der Waals surface area contributed by atoms with Gasteiger partial charge < -0.3 is 38.3 Å². The van der Waals surface area contributed by atoms with E-state index in [1.165, 1.54) is 13.8 Å². The maximum absolute atomic E-state index is 11.9. The van der Waals surface area contributed by atoms with Crippen LogP contribution in [0.1, 0.15) is 26.7 Å². The molecule has 0 heterocycles. The summed E-state index contributed by atoms with van der Waals surface area (Å²) in [5.74, 6) is -3.04. The highest BCUT2D eigenvalue weighted by Crippen LogP contribution is 1.96. The lowest BCUT2D eigenvalue weighted by molar-refractivity contribution is -0.141. The quantitative estimate of drug-likeness (QED) is 0.110. The van der Waals surface area contributed by atoms with E-state index in [1.54, 1.807) is 0 Å². The molecular formula is C14H27N7O5. The lowest BCUT2D eigenvalue weighted by Gasteiger charge is -2.17. The van der Waals surface area contributed by atoms with E-state index >= 15 is 0 Å². The summed E-state index contributed by atoms with van der Waals surface area (Å²) >= 11 is 0. The maximum atomic E-state index is 11.9. The Morgan fingerprint density at radius 1 is 1.04 bits per heavy atom. The Labute approximate surface area is 150 Å². The smallest absolute Gasteiger partial charge is 0.325 e. The van der Waals surface area contributed by atoms with Crippen LogP contribution >= 0.6 is 0 Å². The van der Waals surface area contributed by atoms with E-state index in [4.69, 9.17) is 22.3 Å². The van der Waals surface area contributed by atoms with E-state index in [-0.39, 0.29) is 5.96 Å². The van der Waals surface area contributed by atoms with Crippen LogP contribution in [0, 0.1) is 0 Å². The molecule has 3 amide bonds. The molecular weight excluding hydrogens is 346 g/mol. The normalized spacial score (nSPS) is 13.7. The second-order valence-electron chi connectivity index (χ2n) is 5.63. The summed E-state index contributed by atoms with van der Waals surface area (Å²) in [5.41, 5.74) is 16.1. The number of hydrogen-bond acceptors (Lipinski definition) is 6. The molecule has 3 atom stereocenters. The number of carboxylic acids is 1. The second kappa shape index (κ2) is 11.6. The molecule has 0 spiro atoms. The van der Waals surface area contributed by atoms with Gasteiger partial charge in [0.2, 0.25) is 17.7 Å². The molecule has 0 radical (unpaired) electrons. The first-order chi connectivity index (χ1) is 12.0. The van der Waals surface area contributed by atoms with Crippen molar-refractivity contribution >= 4 is 29.7 Å². The number of nitrogens with one attached hydrogen (secondary N) is 3. The molecule has 0 aliphatic rings. The highest BCUT2D eigenvalue weighted by molar-refractivity contribution is 5.92. The Morgan fingerprint density at radius 3 is 2.19 bits per heavy atom. The average Bonchev–Trinajstić information content (AvgIpc) is 2.55. The van der Waals surface area contributed by atoms with Crippen molar-refractivity contribution in [2.45, 2.75) is 44.8 Å². The second-order valence-corrected chi connectivity index (χ2v) is 5.63. The molecule has 0 bridgehead atoms. The number of nitrogens with zero attached hydrogens (tertiary/aromatic N) is 1. The number of nitrogens with two attached hydrogens (primary N) is 3. The Morgan fingerprint density at radius 2 is 1.65 bits per heavy atom. The van der Waals surface area contributed by atoms with Crippen molar-refractivity contribution in [2.24, 2.45) is 22.2 Å². The monoisotopic (exact) mass is 373 g/mol. The van der Waals surface area contributed by atoms with E-state index in [0.29, 0.717) is 19.4 Å². The minimum atomic E-state index is -1.20. The third kappa shape index (κ3) is 10.1. The van der Waals surface area contributed by atoms with Crippen LogP contribution in [-0.2, 0) is 19.2 Å². The first kappa shape index (κ1) is 23.1. The highest BCUT2D eigenvalue weighted by Gasteiger charge is 2.21. The van der Waals surface area contributed by atoms with Gasteiger partial charge in [0.05, 0.1) is 12.6 Å². The standard InChI is InChI=1S/C14H27N7O5/c1-7(11(23)19-6-10(22)20-8(2)13(25)26)21-12(24)9(15)4-3-5-18-14(16)17/h7-9H,3-6,15H2,1-2H3,(H,19,23)(H,20,22)(H,21,24)(H,25,26)(H4,16,17,18). The third-order valence-corrected chi connectivity index (χ3v) is 3.23. The number of guanidine groups is 1. The van der Waals surface area contributed by atoms with Gasteiger partial charge in [-0.1, -0.05) is 0 Å². The van der Waals surface area contributed by atoms with Gasteiger partial charge in [-0.05, 0) is 26.7 Å². The Kier molecular flexibility index (Phi) is 10.3. The number of hydrogen-bond donors (Lipinski definition) is 7. The van der Waals surface area contributed by atoms with Gasteiger partial charge in [-0.25, -0.2) is 0 Å². The zero-order valence-electron chi connectivity index (χ0n) is 14.8. The van der Waals surface area contributed by atoms with Gasteiger partial charge in [-0.2, -0.15) is 0 Å². The average molecular weight is 373 g/mol. The van der Waals surface area contributed by atoms with E-state index in [9.17, 15) is 19.2 Å². The van der Waals surface area contributed by atoms with Crippen molar-refractivity contribution in [3.05, 3.63) is 0 Å². The number of carboxylic acid groups (broad SMARTS) is 1. The molecule has 0 fully saturated rings. The zero-order valence-corrected chi connectivity index (χ0v) is 14.8. The molecule has 0 aliphatic carbocycles. The molecule has 0 saturated carbocycles. The van der Waals surface area contributed by atoms with Crippen LogP contribution in [0.4, 0.5) is 0 Å². The van der Waals surface area contributed by atoms with Crippen molar-refractivity contribution in [3.8, 4) is 0 Å². The molecule has 0 aromatic carbocycles. The minimum Gasteiger partial charge on any atom is -0.480 e. The SMILES string of the molecule is CC(NC(=O)CNC(=O)C(C)NC(=O)C(N)CCCN=C(N)N)C(=O)O. The zero-order chi connectivity index (χ0) is 20.3. The molecule has 0 aliphatic heterocycles. The van der Waals surface area contributed by atoms with Crippen molar-refractivity contribution in [2.75, 3.05) is 13.1 Å². The van der Waals surface area contributed by atoms with Crippen LogP contribution < -0.4 is 33.2 Å². The topological polar surface area (TPSA) is 215 Å². The maximum Gasteiger partial charge on any atom is 0.325 e. The fourth-order valence-corrected chi connectivity index (χ4v) is 1.71. The predicted octanol–water partition coefficient (Wildman–Crippen LogP) is -3.42. The molecule has 3 unspecified atom stereocenters. The van der Waals surface area contributed by atoms with Crippen LogP contribution in [0.3, 0.4) is 0 Å². The van der Waals surface area contributed by atoms with Gasteiger partial charge in [-0.15, -0.1) is 0 Å². The van der Waals surface area contributed by atoms with Crippen molar-refractivity contribution in [1.82, 2.24) is 16.0 Å². The summed E-state index contributed by atoms with van der Waals surface area (Å²) in [4.78, 5) is 49.6. The number of rotatable bonds is 11. The van der Waals surface area contributed by atoms with Crippen molar-refractivity contribution in [1.29, 1.82) is 0 Å². The summed E-state index contributed by atoms with van der Waals surface area (Å²) in [5, 5.41) is 15.6. The van der Waals surface area contributed by atoms with E-state index in [2.05, 4.69) is 20.9 Å². The molecule has 12 heteroatoms. The molecule has 148 valence electrons. The Balaban J connectivity index is 4.19. The molecule has 10 N–H and O–H groups in total. The highest BCUT2D eigenvalue weighted by atomic mass is 16.4. The fraction of sp³-hybridized carbons (Fsp3) is 0.643. The Bertz CT molecular complexity index is 548. The van der Waals surface area contributed by atoms with Crippen LogP contribution in [0.5, 0.6) is 0 Å². The first-order valence-electron chi connectivity index (χ1n) is 7.95. The molecule has 0 saturated heterocycles. The third-order valence-electron chi connectivity index (χ3n) is 3.23. The van der Waals surface area contributed by atoms with Gasteiger partial charge in [-0.3, -0.25) is 24.2 Å². The lowest BCUT2D eigenvalue weighted by Crippen LogP contribution is -2.52. The Hall–Kier alpha value is -2.89. The van der Waals surface area contributed by atoms with Crippen LogP contribution in [0.15, 0.2) is 4.99 Å². The summed E-state index contributed by atoms with van der Waals surface area (Å²) in [6.07, 6.45) is 0.821. The van der Waals surface area contributed by atoms with Crippen molar-refractivity contribution in [3.63, 3.8) is 0 Å². The number of aliphatic imine (C=N–C) groups is 1. The summed E-state index contributed by atoms with van der Waals surface area (Å²) in [7, 11) is 0. The lowest BCUT2D eigenvalue weighted by atomic mass is 10.1. The molecule has 0 rings (SSSR count). The van der Waals surface area contributed by atoms with Gasteiger partial charge in [0.15, 0.2) is 5.96 Å². The minimum absolute atomic E-state index is 0.0462. The number of carbonyl (C=O) groups is 4. The molecule has 0 aromatic heterocycles. The van der Waals surface area contributed by atoms with Gasteiger partial charge in [0, 0.05) is 6.54 Å². The summed E-state index contributed by atoms with van der Waals surface area (Å²) in [6.45, 7) is 2.64. The molecule has 0 aromatic rings. The number of amides is 3. The van der Waals surface area contributed by atoms with Gasteiger partial charge >= 0.3 is 5.97 Å². The van der Waals surface area contributed by atoms with Crippen LogP contribution in [0.2, 0.25) is 0 Å². The molecule has 12 nitrogen and oxygen atoms in total. The van der Waals surface area contributed by atoms with E-state index in [0.717, 1.165) is 0 Å². The van der Waals surface area contributed by atoms with E-state index in [1.807, 2.05) is 0 Å². The summed E-state index contributed by atoms with van der Waals surface area (Å²) in [6, 6.07) is -2.83. The summed E-state index contributed by atoms with van der Waals surface area (Å²) < 4.78 is 0. The van der Waals surface area contributed by atoms with Gasteiger partial charge in [0.1, 0.15) is 12.1 Å². The van der Waals surface area contributed by atoms with Crippen LogP contribution in [0.25, 0.3) is 0 Å². The largest absolute Gasteiger partial charge is 0.480 e. The predicted molar refractivity (Wildman–Crippen MR) is 93.7 cm³/mol. The number of aliphatic carboxylic acids is 1.